The molecule has 1 aromatic carbocycles. The molecule has 2 N–H and O–H groups in total. The molecule has 132 valence electrons. The Morgan fingerprint density at radius 2 is 2.00 bits per heavy atom. The van der Waals surface area contributed by atoms with Crippen molar-refractivity contribution in [1.82, 2.24) is 15.2 Å². The number of carbonyl (C=O) groups excluding carboxylic acids is 1. The van der Waals surface area contributed by atoms with Crippen molar-refractivity contribution in [3.05, 3.63) is 42.6 Å². The van der Waals surface area contributed by atoms with E-state index in [1.54, 1.807) is 49.7 Å². The van der Waals surface area contributed by atoms with Gasteiger partial charge in [0.1, 0.15) is 17.2 Å². The summed E-state index contributed by atoms with van der Waals surface area (Å²) in [4.78, 5) is 18.6. The number of likely N-dealkylation sites (N-methyl/N-ethyl adjacent to an activating group) is 1. The van der Waals surface area contributed by atoms with Gasteiger partial charge in [-0.05, 0) is 56.4 Å². The maximum absolute atomic E-state index is 12.2. The SMILES string of the molecule is COc1ccc(Oc2ncccc2NC(=O)N[C@@H]2CCN(C)C2)cc1. The molecular weight excluding hydrogens is 320 g/mol. The summed E-state index contributed by atoms with van der Waals surface area (Å²) in [6, 6.07) is 10.6. The molecule has 7 nitrogen and oxygen atoms in total. The van der Waals surface area contributed by atoms with Gasteiger partial charge in [0.2, 0.25) is 5.88 Å². The number of hydrogen-bond donors (Lipinski definition) is 2. The van der Waals surface area contributed by atoms with E-state index in [0.29, 0.717) is 17.3 Å². The van der Waals surface area contributed by atoms with E-state index >= 15 is 0 Å². The lowest BCUT2D eigenvalue weighted by Crippen LogP contribution is -2.39. The van der Waals surface area contributed by atoms with E-state index in [0.717, 1.165) is 25.3 Å². The van der Waals surface area contributed by atoms with Crippen molar-refractivity contribution in [3.63, 3.8) is 0 Å². The van der Waals surface area contributed by atoms with Crippen LogP contribution in [0.4, 0.5) is 10.5 Å². The Morgan fingerprint density at radius 1 is 1.24 bits per heavy atom. The van der Waals surface area contributed by atoms with Crippen molar-refractivity contribution in [2.75, 3.05) is 32.6 Å². The number of rotatable bonds is 5. The number of nitrogens with one attached hydrogen (secondary N) is 2. The molecule has 3 rings (SSSR count). The van der Waals surface area contributed by atoms with Gasteiger partial charge in [-0.1, -0.05) is 0 Å². The first-order valence-corrected chi connectivity index (χ1v) is 8.17. The fourth-order valence-corrected chi connectivity index (χ4v) is 2.72. The number of ether oxygens (including phenoxy) is 2. The zero-order chi connectivity index (χ0) is 17.6. The summed E-state index contributed by atoms with van der Waals surface area (Å²) < 4.78 is 10.9. The van der Waals surface area contributed by atoms with E-state index < -0.39 is 0 Å². The van der Waals surface area contributed by atoms with Gasteiger partial charge in [0, 0.05) is 18.8 Å². The van der Waals surface area contributed by atoms with Gasteiger partial charge in [-0.2, -0.15) is 0 Å². The predicted molar refractivity (Wildman–Crippen MR) is 95.4 cm³/mol. The summed E-state index contributed by atoms with van der Waals surface area (Å²) in [5.41, 5.74) is 0.516. The Bertz CT molecular complexity index is 721. The van der Waals surface area contributed by atoms with Crippen LogP contribution >= 0.6 is 0 Å². The Kier molecular flexibility index (Phi) is 5.35. The van der Waals surface area contributed by atoms with Crippen LogP contribution < -0.4 is 20.1 Å². The number of nitrogens with zero attached hydrogens (tertiary/aromatic N) is 2. The van der Waals surface area contributed by atoms with E-state index in [4.69, 9.17) is 9.47 Å². The molecule has 0 bridgehead atoms. The van der Waals surface area contributed by atoms with E-state index in [9.17, 15) is 4.79 Å². The molecule has 0 unspecified atom stereocenters. The molecule has 0 saturated carbocycles. The van der Waals surface area contributed by atoms with Crippen molar-refractivity contribution in [1.29, 1.82) is 0 Å². The third-order valence-corrected chi connectivity index (χ3v) is 4.02. The second kappa shape index (κ2) is 7.85. The predicted octanol–water partition coefficient (Wildman–Crippen LogP) is 2.71. The summed E-state index contributed by atoms with van der Waals surface area (Å²) in [6.07, 6.45) is 2.57. The Morgan fingerprint density at radius 3 is 2.68 bits per heavy atom. The Labute approximate surface area is 147 Å². The van der Waals surface area contributed by atoms with Crippen LogP contribution in [-0.2, 0) is 0 Å². The van der Waals surface area contributed by atoms with E-state index in [1.807, 2.05) is 7.05 Å². The average Bonchev–Trinajstić information content (AvgIpc) is 3.02. The number of methoxy groups -OCH3 is 1. The number of urea groups is 1. The van der Waals surface area contributed by atoms with Crippen molar-refractivity contribution >= 4 is 11.7 Å². The second-order valence-electron chi connectivity index (χ2n) is 5.98. The zero-order valence-corrected chi connectivity index (χ0v) is 14.4. The van der Waals surface area contributed by atoms with Crippen LogP contribution in [0.2, 0.25) is 0 Å². The molecule has 1 aromatic heterocycles. The van der Waals surface area contributed by atoms with Crippen molar-refractivity contribution in [2.45, 2.75) is 12.5 Å². The summed E-state index contributed by atoms with van der Waals surface area (Å²) in [6.45, 7) is 1.85. The fourth-order valence-electron chi connectivity index (χ4n) is 2.72. The fraction of sp³-hybridized carbons (Fsp3) is 0.333. The highest BCUT2D eigenvalue weighted by atomic mass is 16.5. The van der Waals surface area contributed by atoms with Gasteiger partial charge in [0.15, 0.2) is 0 Å². The van der Waals surface area contributed by atoms with E-state index in [-0.39, 0.29) is 12.1 Å². The molecule has 7 heteroatoms. The summed E-state index contributed by atoms with van der Waals surface area (Å²) in [5, 5.41) is 5.79. The Hall–Kier alpha value is -2.80. The molecule has 2 aromatic rings. The first-order valence-electron chi connectivity index (χ1n) is 8.17. The number of pyridine rings is 1. The van der Waals surface area contributed by atoms with Gasteiger partial charge in [0.05, 0.1) is 7.11 Å². The molecular formula is C18H22N4O3. The average molecular weight is 342 g/mol. The van der Waals surface area contributed by atoms with Gasteiger partial charge >= 0.3 is 6.03 Å². The second-order valence-corrected chi connectivity index (χ2v) is 5.98. The summed E-state index contributed by atoms with van der Waals surface area (Å²) in [5.74, 6) is 1.69. The van der Waals surface area contributed by atoms with Crippen molar-refractivity contribution < 1.29 is 14.3 Å². The summed E-state index contributed by atoms with van der Waals surface area (Å²) in [7, 11) is 3.65. The van der Waals surface area contributed by atoms with E-state index in [2.05, 4.69) is 20.5 Å². The number of hydrogen-bond acceptors (Lipinski definition) is 5. The monoisotopic (exact) mass is 342 g/mol. The number of carbonyl (C=O) groups is 1. The van der Waals surface area contributed by atoms with Crippen LogP contribution in [0, 0.1) is 0 Å². The molecule has 1 saturated heterocycles. The maximum atomic E-state index is 12.2. The maximum Gasteiger partial charge on any atom is 0.319 e. The minimum Gasteiger partial charge on any atom is -0.497 e. The summed E-state index contributed by atoms with van der Waals surface area (Å²) >= 11 is 0. The zero-order valence-electron chi connectivity index (χ0n) is 14.4. The van der Waals surface area contributed by atoms with Gasteiger partial charge in [-0.25, -0.2) is 9.78 Å². The molecule has 1 aliphatic rings. The molecule has 1 atom stereocenters. The van der Waals surface area contributed by atoms with E-state index in [1.165, 1.54) is 0 Å². The lowest BCUT2D eigenvalue weighted by Gasteiger charge is -2.15. The highest BCUT2D eigenvalue weighted by Gasteiger charge is 2.21. The minimum atomic E-state index is -0.257. The highest BCUT2D eigenvalue weighted by molar-refractivity contribution is 5.90. The number of benzene rings is 1. The molecule has 0 aliphatic carbocycles. The third kappa shape index (κ3) is 4.60. The third-order valence-electron chi connectivity index (χ3n) is 4.02. The van der Waals surface area contributed by atoms with Crippen LogP contribution in [0.3, 0.4) is 0 Å². The van der Waals surface area contributed by atoms with Crippen LogP contribution in [0.15, 0.2) is 42.6 Å². The normalized spacial score (nSPS) is 17.1. The standard InChI is InChI=1S/C18H22N4O3/c1-22-11-9-13(12-22)20-18(23)21-16-4-3-10-19-17(16)25-15-7-5-14(24-2)6-8-15/h3-8,10,13H,9,11-12H2,1-2H3,(H2,20,21,23)/t13-/m1/s1. The van der Waals surface area contributed by atoms with Crippen molar-refractivity contribution in [2.24, 2.45) is 0 Å². The van der Waals surface area contributed by atoms with Crippen LogP contribution in [0.5, 0.6) is 17.4 Å². The van der Waals surface area contributed by atoms with Gasteiger partial charge < -0.3 is 25.0 Å². The largest absolute Gasteiger partial charge is 0.497 e. The molecule has 1 fully saturated rings. The van der Waals surface area contributed by atoms with Gasteiger partial charge in [0.25, 0.3) is 0 Å². The minimum absolute atomic E-state index is 0.160. The van der Waals surface area contributed by atoms with Gasteiger partial charge in [-0.15, -0.1) is 0 Å². The van der Waals surface area contributed by atoms with Crippen molar-refractivity contribution in [3.8, 4) is 17.4 Å². The highest BCUT2D eigenvalue weighted by Crippen LogP contribution is 2.28. The number of anilines is 1. The Balaban J connectivity index is 1.64. The molecule has 1 aliphatic heterocycles. The first-order chi connectivity index (χ1) is 12.1. The lowest BCUT2D eigenvalue weighted by atomic mass is 10.3. The van der Waals surface area contributed by atoms with Crippen LogP contribution in [-0.4, -0.2) is 49.2 Å². The topological polar surface area (TPSA) is 75.7 Å². The first kappa shape index (κ1) is 17.0. The lowest BCUT2D eigenvalue weighted by molar-refractivity contribution is 0.248. The quantitative estimate of drug-likeness (QED) is 0.874. The molecule has 2 heterocycles. The number of amides is 2. The van der Waals surface area contributed by atoms with Gasteiger partial charge in [-0.3, -0.25) is 0 Å². The number of likely N-dealkylation sites (tertiary alicyclic amines) is 1. The molecule has 2 amide bonds. The van der Waals surface area contributed by atoms with Crippen LogP contribution in [0.1, 0.15) is 6.42 Å². The molecule has 25 heavy (non-hydrogen) atoms. The smallest absolute Gasteiger partial charge is 0.319 e. The molecule has 0 radical (unpaired) electrons. The number of aromatic nitrogens is 1. The molecule has 0 spiro atoms. The van der Waals surface area contributed by atoms with Crippen LogP contribution in [0.25, 0.3) is 0 Å².